The number of hydrogen-bond acceptors (Lipinski definition) is 4. The van der Waals surface area contributed by atoms with Crippen molar-refractivity contribution in [3.63, 3.8) is 0 Å². The van der Waals surface area contributed by atoms with Crippen LogP contribution in [0.2, 0.25) is 0 Å². The summed E-state index contributed by atoms with van der Waals surface area (Å²) in [5.41, 5.74) is 0. The van der Waals surface area contributed by atoms with E-state index in [0.29, 0.717) is 11.7 Å². The van der Waals surface area contributed by atoms with Gasteiger partial charge >= 0.3 is 5.97 Å². The topological polar surface area (TPSA) is 68.5 Å². The minimum atomic E-state index is -0.557. The first-order chi connectivity index (χ1) is 10.5. The van der Waals surface area contributed by atoms with Crippen molar-refractivity contribution in [3.05, 3.63) is 27.7 Å². The van der Waals surface area contributed by atoms with E-state index in [0.717, 1.165) is 23.0 Å². The average Bonchev–Trinajstić information content (AvgIpc) is 2.91. The van der Waals surface area contributed by atoms with Crippen LogP contribution in [0.3, 0.4) is 0 Å². The van der Waals surface area contributed by atoms with E-state index in [1.807, 2.05) is 22.6 Å². The maximum atomic E-state index is 11.8. The molecule has 1 aliphatic rings. The van der Waals surface area contributed by atoms with Crippen molar-refractivity contribution < 1.29 is 18.7 Å². The van der Waals surface area contributed by atoms with Crippen LogP contribution in [0.4, 0.5) is 0 Å². The summed E-state index contributed by atoms with van der Waals surface area (Å²) >= 11 is 2.04. The summed E-state index contributed by atoms with van der Waals surface area (Å²) in [6.07, 6.45) is 7.27. The van der Waals surface area contributed by atoms with Crippen molar-refractivity contribution in [1.29, 1.82) is 0 Å². The van der Waals surface area contributed by atoms with Crippen LogP contribution in [0.1, 0.15) is 38.4 Å². The quantitative estimate of drug-likeness (QED) is 0.454. The normalized spacial score (nSPS) is 21.7. The molecule has 1 saturated carbocycles. The Balaban J connectivity index is 1.71. The monoisotopic (exact) mass is 417 g/mol. The molecule has 0 aromatic carbocycles. The van der Waals surface area contributed by atoms with Crippen LogP contribution in [0.5, 0.6) is 0 Å². The Labute approximate surface area is 143 Å². The van der Waals surface area contributed by atoms with Gasteiger partial charge in [-0.3, -0.25) is 4.79 Å². The van der Waals surface area contributed by atoms with Gasteiger partial charge in [-0.25, -0.2) is 4.79 Å². The number of carbonyl (C=O) groups excluding carboxylic acids is 2. The van der Waals surface area contributed by atoms with Gasteiger partial charge in [0, 0.05) is 12.1 Å². The summed E-state index contributed by atoms with van der Waals surface area (Å²) in [7, 11) is 0. The van der Waals surface area contributed by atoms with Gasteiger partial charge in [-0.05, 0) is 59.6 Å². The molecule has 1 N–H and O–H groups in total. The summed E-state index contributed by atoms with van der Waals surface area (Å²) in [6.45, 7) is 1.89. The molecule has 1 fully saturated rings. The lowest BCUT2D eigenvalue weighted by molar-refractivity contribution is -0.144. The molecule has 0 radical (unpaired) electrons. The highest BCUT2D eigenvalue weighted by Crippen LogP contribution is 2.23. The zero-order valence-electron chi connectivity index (χ0n) is 12.5. The number of amides is 1. The molecule has 0 aliphatic heterocycles. The average molecular weight is 417 g/mol. The fourth-order valence-electron chi connectivity index (χ4n) is 2.53. The molecule has 2 rings (SSSR count). The van der Waals surface area contributed by atoms with E-state index in [9.17, 15) is 9.59 Å². The largest absolute Gasteiger partial charge is 0.452 e. The number of halogens is 1. The van der Waals surface area contributed by atoms with E-state index < -0.39 is 5.97 Å². The first kappa shape index (κ1) is 17.1. The SMILES string of the molecule is CC1CCCCC1NC(=O)COC(=O)/C=C/c1ccc(I)o1. The molecule has 0 spiro atoms. The second kappa shape index (κ2) is 8.36. The van der Waals surface area contributed by atoms with Crippen LogP contribution in [0, 0.1) is 9.68 Å². The summed E-state index contributed by atoms with van der Waals surface area (Å²) in [5.74, 6) is 0.253. The molecular formula is C16H20INO4. The summed E-state index contributed by atoms with van der Waals surface area (Å²) in [4.78, 5) is 23.4. The molecule has 1 aromatic rings. The second-order valence-corrected chi connectivity index (χ2v) is 6.58. The Morgan fingerprint density at radius 3 is 2.86 bits per heavy atom. The van der Waals surface area contributed by atoms with E-state index in [4.69, 9.17) is 9.15 Å². The van der Waals surface area contributed by atoms with Crippen LogP contribution >= 0.6 is 22.6 Å². The van der Waals surface area contributed by atoms with Crippen molar-refractivity contribution in [1.82, 2.24) is 5.32 Å². The summed E-state index contributed by atoms with van der Waals surface area (Å²) in [5, 5.41) is 2.94. The van der Waals surface area contributed by atoms with Gasteiger partial charge in [0.05, 0.1) is 0 Å². The number of carbonyl (C=O) groups is 2. The minimum absolute atomic E-state index is 0.195. The summed E-state index contributed by atoms with van der Waals surface area (Å²) < 4.78 is 11.0. The first-order valence-electron chi connectivity index (χ1n) is 7.44. The predicted molar refractivity (Wildman–Crippen MR) is 91.0 cm³/mol. The third-order valence-corrected chi connectivity index (χ3v) is 4.36. The minimum Gasteiger partial charge on any atom is -0.452 e. The van der Waals surface area contributed by atoms with Crippen LogP contribution in [0.25, 0.3) is 6.08 Å². The molecular weight excluding hydrogens is 397 g/mol. The molecule has 120 valence electrons. The van der Waals surface area contributed by atoms with Crippen LogP contribution in [-0.4, -0.2) is 24.5 Å². The van der Waals surface area contributed by atoms with Gasteiger partial charge in [0.25, 0.3) is 5.91 Å². The van der Waals surface area contributed by atoms with Gasteiger partial charge in [0.1, 0.15) is 5.76 Å². The Morgan fingerprint density at radius 1 is 1.41 bits per heavy atom. The number of hydrogen-bond donors (Lipinski definition) is 1. The van der Waals surface area contributed by atoms with E-state index in [2.05, 4.69) is 12.2 Å². The third-order valence-electron chi connectivity index (χ3n) is 3.78. The van der Waals surface area contributed by atoms with Gasteiger partial charge in [-0.1, -0.05) is 19.8 Å². The number of ether oxygens (including phenoxy) is 1. The van der Waals surface area contributed by atoms with E-state index >= 15 is 0 Å². The lowest BCUT2D eigenvalue weighted by Crippen LogP contribution is -2.42. The van der Waals surface area contributed by atoms with Crippen LogP contribution in [0.15, 0.2) is 22.6 Å². The van der Waals surface area contributed by atoms with Crippen molar-refractivity contribution in [2.75, 3.05) is 6.61 Å². The summed E-state index contributed by atoms with van der Waals surface area (Å²) in [6, 6.07) is 3.74. The van der Waals surface area contributed by atoms with Crippen LogP contribution < -0.4 is 5.32 Å². The smallest absolute Gasteiger partial charge is 0.331 e. The molecule has 2 atom stereocenters. The fraction of sp³-hybridized carbons (Fsp3) is 0.500. The van der Waals surface area contributed by atoms with Crippen molar-refractivity contribution in [3.8, 4) is 0 Å². The molecule has 2 unspecified atom stereocenters. The zero-order chi connectivity index (χ0) is 15.9. The molecule has 1 aromatic heterocycles. The lowest BCUT2D eigenvalue weighted by atomic mass is 9.86. The highest BCUT2D eigenvalue weighted by Gasteiger charge is 2.22. The number of nitrogens with one attached hydrogen (secondary N) is 1. The second-order valence-electron chi connectivity index (χ2n) is 5.52. The van der Waals surface area contributed by atoms with Gasteiger partial charge < -0.3 is 14.5 Å². The van der Waals surface area contributed by atoms with Crippen molar-refractivity contribution in [2.24, 2.45) is 5.92 Å². The lowest BCUT2D eigenvalue weighted by Gasteiger charge is -2.29. The van der Waals surface area contributed by atoms with Gasteiger partial charge in [-0.15, -0.1) is 0 Å². The molecule has 0 saturated heterocycles. The van der Waals surface area contributed by atoms with Crippen molar-refractivity contribution >= 4 is 40.5 Å². The molecule has 1 aliphatic carbocycles. The number of esters is 1. The van der Waals surface area contributed by atoms with Gasteiger partial charge in [0.2, 0.25) is 0 Å². The molecule has 5 nitrogen and oxygen atoms in total. The molecule has 6 heteroatoms. The number of furan rings is 1. The first-order valence-corrected chi connectivity index (χ1v) is 8.52. The Hall–Kier alpha value is -1.31. The Bertz CT molecular complexity index is 552. The molecule has 22 heavy (non-hydrogen) atoms. The van der Waals surface area contributed by atoms with Crippen LogP contribution in [-0.2, 0) is 14.3 Å². The molecule has 0 bridgehead atoms. The highest BCUT2D eigenvalue weighted by atomic mass is 127. The Kier molecular flexibility index (Phi) is 6.48. The standard InChI is InChI=1S/C16H20INO4/c1-11-4-2-3-5-13(11)18-15(19)10-21-16(20)9-7-12-6-8-14(17)22-12/h6-9,11,13H,2-5,10H2,1H3,(H,18,19)/b9-7+. The molecule has 1 heterocycles. The number of rotatable bonds is 5. The van der Waals surface area contributed by atoms with Gasteiger partial charge in [0.15, 0.2) is 10.4 Å². The van der Waals surface area contributed by atoms with Crippen molar-refractivity contribution in [2.45, 2.75) is 38.6 Å². The molecule has 1 amide bonds. The fourth-order valence-corrected chi connectivity index (χ4v) is 2.97. The maximum Gasteiger partial charge on any atom is 0.331 e. The third kappa shape index (κ3) is 5.47. The van der Waals surface area contributed by atoms with E-state index in [-0.39, 0.29) is 18.6 Å². The van der Waals surface area contributed by atoms with E-state index in [1.165, 1.54) is 18.6 Å². The van der Waals surface area contributed by atoms with E-state index in [1.54, 1.807) is 12.1 Å². The highest BCUT2D eigenvalue weighted by molar-refractivity contribution is 14.1. The Morgan fingerprint density at radius 2 is 2.18 bits per heavy atom. The maximum absolute atomic E-state index is 11.8. The van der Waals surface area contributed by atoms with Gasteiger partial charge in [-0.2, -0.15) is 0 Å². The zero-order valence-corrected chi connectivity index (χ0v) is 14.7. The predicted octanol–water partition coefficient (Wildman–Crippen LogP) is 3.14.